The smallest absolute Gasteiger partial charge is 0.168 e. The third kappa shape index (κ3) is 3.21. The number of pyridine rings is 1. The summed E-state index contributed by atoms with van der Waals surface area (Å²) in [5.41, 5.74) is 5.29. The summed E-state index contributed by atoms with van der Waals surface area (Å²) in [5, 5.41) is 10.3. The Morgan fingerprint density at radius 1 is 1.38 bits per heavy atom. The SMILES string of the molecule is NC(CC[n+]1ccccc1)C(=O)[O-]. The van der Waals surface area contributed by atoms with Gasteiger partial charge >= 0.3 is 0 Å². The molecule has 0 aromatic carbocycles. The maximum absolute atomic E-state index is 10.3. The summed E-state index contributed by atoms with van der Waals surface area (Å²) < 4.78 is 1.88. The summed E-state index contributed by atoms with van der Waals surface area (Å²) >= 11 is 0. The van der Waals surface area contributed by atoms with Crippen molar-refractivity contribution in [3.8, 4) is 0 Å². The molecule has 0 amide bonds. The van der Waals surface area contributed by atoms with Crippen molar-refractivity contribution in [2.45, 2.75) is 19.0 Å². The first-order valence-corrected chi connectivity index (χ1v) is 4.10. The van der Waals surface area contributed by atoms with E-state index in [0.29, 0.717) is 13.0 Å². The molecule has 13 heavy (non-hydrogen) atoms. The van der Waals surface area contributed by atoms with Gasteiger partial charge in [0.05, 0.1) is 12.0 Å². The van der Waals surface area contributed by atoms with E-state index in [1.165, 1.54) is 0 Å². The fourth-order valence-corrected chi connectivity index (χ4v) is 0.989. The Kier molecular flexibility index (Phi) is 3.40. The van der Waals surface area contributed by atoms with Gasteiger partial charge in [-0.1, -0.05) is 6.07 Å². The van der Waals surface area contributed by atoms with Crippen molar-refractivity contribution >= 4 is 5.97 Å². The van der Waals surface area contributed by atoms with Gasteiger partial charge in [0.1, 0.15) is 6.54 Å². The fourth-order valence-electron chi connectivity index (χ4n) is 0.989. The molecule has 0 saturated heterocycles. The van der Waals surface area contributed by atoms with Gasteiger partial charge < -0.3 is 15.6 Å². The zero-order valence-electron chi connectivity index (χ0n) is 7.22. The van der Waals surface area contributed by atoms with Crippen LogP contribution >= 0.6 is 0 Å². The highest BCUT2D eigenvalue weighted by Gasteiger charge is 2.06. The second-order valence-electron chi connectivity index (χ2n) is 2.83. The first kappa shape index (κ1) is 9.67. The molecule has 4 heteroatoms. The summed E-state index contributed by atoms with van der Waals surface area (Å²) in [5.74, 6) is -1.20. The van der Waals surface area contributed by atoms with Crippen LogP contribution in [0.1, 0.15) is 6.42 Å². The molecule has 1 rings (SSSR count). The number of aliphatic carboxylic acids is 1. The van der Waals surface area contributed by atoms with Gasteiger partial charge in [0, 0.05) is 18.6 Å². The fraction of sp³-hybridized carbons (Fsp3) is 0.333. The van der Waals surface area contributed by atoms with E-state index in [0.717, 1.165) is 0 Å². The number of rotatable bonds is 4. The molecule has 0 bridgehead atoms. The summed E-state index contributed by atoms with van der Waals surface area (Å²) in [7, 11) is 0. The molecule has 0 fully saturated rings. The number of carboxylic acids is 1. The lowest BCUT2D eigenvalue weighted by Gasteiger charge is -2.09. The minimum atomic E-state index is -1.20. The van der Waals surface area contributed by atoms with Gasteiger partial charge in [-0.3, -0.25) is 0 Å². The van der Waals surface area contributed by atoms with Crippen LogP contribution in [0.3, 0.4) is 0 Å². The average molecular weight is 180 g/mol. The van der Waals surface area contributed by atoms with Gasteiger partial charge in [0.2, 0.25) is 0 Å². The van der Waals surface area contributed by atoms with Crippen molar-refractivity contribution in [3.05, 3.63) is 30.6 Å². The standard InChI is InChI=1S/C9H12N2O2/c10-8(9(12)13)4-7-11-5-2-1-3-6-11/h1-3,5-6,8H,4,7,10H2. The Bertz CT molecular complexity index is 274. The third-order valence-corrected chi connectivity index (χ3v) is 1.78. The Morgan fingerprint density at radius 3 is 2.54 bits per heavy atom. The van der Waals surface area contributed by atoms with Crippen molar-refractivity contribution in [3.63, 3.8) is 0 Å². The van der Waals surface area contributed by atoms with Crippen LogP contribution in [0.5, 0.6) is 0 Å². The molecule has 4 nitrogen and oxygen atoms in total. The van der Waals surface area contributed by atoms with Gasteiger partial charge in [-0.05, 0) is 0 Å². The molecule has 0 radical (unpaired) electrons. The van der Waals surface area contributed by atoms with Gasteiger partial charge in [0.15, 0.2) is 12.4 Å². The number of carbonyl (C=O) groups is 1. The number of nitrogens with zero attached hydrogens (tertiary/aromatic N) is 1. The maximum Gasteiger partial charge on any atom is 0.168 e. The van der Waals surface area contributed by atoms with Crippen LogP contribution in [0, 0.1) is 0 Å². The predicted molar refractivity (Wildman–Crippen MR) is 44.2 cm³/mol. The molecule has 0 spiro atoms. The average Bonchev–Trinajstić information content (AvgIpc) is 2.15. The lowest BCUT2D eigenvalue weighted by Crippen LogP contribution is -2.45. The van der Waals surface area contributed by atoms with Crippen LogP contribution < -0.4 is 15.4 Å². The van der Waals surface area contributed by atoms with Crippen molar-refractivity contribution < 1.29 is 14.5 Å². The normalized spacial score (nSPS) is 12.4. The van der Waals surface area contributed by atoms with Crippen molar-refractivity contribution in [2.75, 3.05) is 0 Å². The number of hydrogen-bond donors (Lipinski definition) is 1. The molecule has 1 unspecified atom stereocenters. The highest BCUT2D eigenvalue weighted by Crippen LogP contribution is 1.86. The Hall–Kier alpha value is -1.42. The lowest BCUT2D eigenvalue weighted by atomic mass is 10.2. The van der Waals surface area contributed by atoms with E-state index in [1.807, 2.05) is 35.2 Å². The molecule has 0 aliphatic heterocycles. The van der Waals surface area contributed by atoms with Crippen molar-refractivity contribution in [2.24, 2.45) is 5.73 Å². The van der Waals surface area contributed by atoms with Crippen LogP contribution in [0.15, 0.2) is 30.6 Å². The summed E-state index contributed by atoms with van der Waals surface area (Å²) in [4.78, 5) is 10.3. The number of aromatic nitrogens is 1. The van der Waals surface area contributed by atoms with E-state index in [2.05, 4.69) is 0 Å². The van der Waals surface area contributed by atoms with Gasteiger partial charge in [-0.2, -0.15) is 0 Å². The summed E-state index contributed by atoms with van der Waals surface area (Å²) in [6.07, 6.45) is 4.11. The predicted octanol–water partition coefficient (Wildman–Crippen LogP) is -1.56. The van der Waals surface area contributed by atoms with Crippen LogP contribution in [0.4, 0.5) is 0 Å². The van der Waals surface area contributed by atoms with Crippen molar-refractivity contribution in [1.82, 2.24) is 0 Å². The quantitative estimate of drug-likeness (QED) is 0.570. The summed E-state index contributed by atoms with van der Waals surface area (Å²) in [6.45, 7) is 0.593. The van der Waals surface area contributed by atoms with Crippen LogP contribution in [-0.2, 0) is 11.3 Å². The van der Waals surface area contributed by atoms with E-state index >= 15 is 0 Å². The molecule has 1 aromatic heterocycles. The molecule has 1 heterocycles. The molecular weight excluding hydrogens is 168 g/mol. The Labute approximate surface area is 76.6 Å². The molecule has 70 valence electrons. The second kappa shape index (κ2) is 4.57. The molecule has 2 N–H and O–H groups in total. The van der Waals surface area contributed by atoms with Crippen LogP contribution in [0.2, 0.25) is 0 Å². The Morgan fingerprint density at radius 2 is 2.00 bits per heavy atom. The highest BCUT2D eigenvalue weighted by atomic mass is 16.4. The molecule has 1 atom stereocenters. The minimum absolute atomic E-state index is 0.386. The molecule has 0 saturated carbocycles. The molecule has 0 aliphatic carbocycles. The minimum Gasteiger partial charge on any atom is -0.548 e. The Balaban J connectivity index is 2.39. The first-order chi connectivity index (χ1) is 6.20. The van der Waals surface area contributed by atoms with E-state index in [4.69, 9.17) is 5.73 Å². The second-order valence-corrected chi connectivity index (χ2v) is 2.83. The van der Waals surface area contributed by atoms with E-state index < -0.39 is 12.0 Å². The van der Waals surface area contributed by atoms with Crippen molar-refractivity contribution in [1.29, 1.82) is 0 Å². The van der Waals surface area contributed by atoms with Gasteiger partial charge in [-0.15, -0.1) is 0 Å². The largest absolute Gasteiger partial charge is 0.548 e. The molecule has 1 aromatic rings. The monoisotopic (exact) mass is 180 g/mol. The number of aryl methyl sites for hydroxylation is 1. The molecule has 0 aliphatic rings. The van der Waals surface area contributed by atoms with Gasteiger partial charge in [-0.25, -0.2) is 4.57 Å². The maximum atomic E-state index is 10.3. The zero-order valence-corrected chi connectivity index (χ0v) is 7.22. The lowest BCUT2D eigenvalue weighted by molar-refractivity contribution is -0.697. The number of nitrogens with two attached hydrogens (primary N) is 1. The first-order valence-electron chi connectivity index (χ1n) is 4.10. The molecular formula is C9H12N2O2. The third-order valence-electron chi connectivity index (χ3n) is 1.78. The topological polar surface area (TPSA) is 70.0 Å². The van der Waals surface area contributed by atoms with Crippen LogP contribution in [-0.4, -0.2) is 12.0 Å². The van der Waals surface area contributed by atoms with E-state index in [9.17, 15) is 9.90 Å². The van der Waals surface area contributed by atoms with Gasteiger partial charge in [0.25, 0.3) is 0 Å². The van der Waals surface area contributed by atoms with E-state index in [-0.39, 0.29) is 0 Å². The zero-order chi connectivity index (χ0) is 9.68. The van der Waals surface area contributed by atoms with E-state index in [1.54, 1.807) is 0 Å². The number of carbonyl (C=O) groups excluding carboxylic acids is 1. The highest BCUT2D eigenvalue weighted by molar-refractivity contribution is 5.70. The number of hydrogen-bond acceptors (Lipinski definition) is 3. The number of carboxylic acid groups (broad SMARTS) is 1. The van der Waals surface area contributed by atoms with Crippen LogP contribution in [0.25, 0.3) is 0 Å². The summed E-state index contributed by atoms with van der Waals surface area (Å²) in [6, 6.07) is 4.78.